The minimum absolute atomic E-state index is 0.0529. The number of nitrogens with two attached hydrogens (primary N) is 1. The number of benzene rings is 1. The Morgan fingerprint density at radius 1 is 1.32 bits per heavy atom. The maximum atomic E-state index is 11.7. The van der Waals surface area contributed by atoms with Gasteiger partial charge >= 0.3 is 0 Å². The van der Waals surface area contributed by atoms with Gasteiger partial charge in [0.25, 0.3) is 0 Å². The van der Waals surface area contributed by atoms with Crippen LogP contribution in [0.1, 0.15) is 32.4 Å². The number of nitrogens with one attached hydrogen (secondary N) is 1. The molecule has 106 valence electrons. The van der Waals surface area contributed by atoms with Gasteiger partial charge in [-0.3, -0.25) is 9.69 Å². The van der Waals surface area contributed by atoms with E-state index < -0.39 is 0 Å². The van der Waals surface area contributed by atoms with E-state index in [1.165, 1.54) is 0 Å². The number of likely N-dealkylation sites (N-methyl/N-ethyl adjacent to an activating group) is 1. The van der Waals surface area contributed by atoms with Crippen molar-refractivity contribution < 1.29 is 4.79 Å². The van der Waals surface area contributed by atoms with E-state index in [-0.39, 0.29) is 18.0 Å². The minimum Gasteiger partial charge on any atom is -0.353 e. The molecule has 0 aliphatic rings. The van der Waals surface area contributed by atoms with Crippen LogP contribution in [0.5, 0.6) is 0 Å². The Morgan fingerprint density at radius 3 is 2.47 bits per heavy atom. The summed E-state index contributed by atoms with van der Waals surface area (Å²) in [5.41, 5.74) is 7.28. The van der Waals surface area contributed by atoms with Gasteiger partial charge in [-0.05, 0) is 26.0 Å². The molecule has 1 atom stereocenters. The molecular weight excluding hydrogens is 238 g/mol. The Hall–Kier alpha value is -1.39. The van der Waals surface area contributed by atoms with Crippen LogP contribution in [0.25, 0.3) is 0 Å². The molecule has 19 heavy (non-hydrogen) atoms. The van der Waals surface area contributed by atoms with Crippen LogP contribution >= 0.6 is 0 Å². The summed E-state index contributed by atoms with van der Waals surface area (Å²) in [6, 6.07) is 10.1. The van der Waals surface area contributed by atoms with Gasteiger partial charge in [-0.2, -0.15) is 0 Å². The van der Waals surface area contributed by atoms with Gasteiger partial charge in [-0.15, -0.1) is 0 Å². The highest BCUT2D eigenvalue weighted by atomic mass is 16.2. The predicted octanol–water partition coefficient (Wildman–Crippen LogP) is 1.53. The summed E-state index contributed by atoms with van der Waals surface area (Å²) >= 11 is 0. The number of amides is 1. The molecule has 0 heterocycles. The fourth-order valence-corrected chi connectivity index (χ4v) is 1.96. The number of carbonyl (C=O) groups is 1. The van der Waals surface area contributed by atoms with Crippen molar-refractivity contribution in [1.82, 2.24) is 10.2 Å². The lowest BCUT2D eigenvalue weighted by Gasteiger charge is -2.24. The summed E-state index contributed by atoms with van der Waals surface area (Å²) in [7, 11) is 0. The molecule has 0 bridgehead atoms. The van der Waals surface area contributed by atoms with Crippen LogP contribution in [-0.2, 0) is 4.79 Å². The molecule has 3 N–H and O–H groups in total. The molecule has 0 saturated heterocycles. The van der Waals surface area contributed by atoms with Gasteiger partial charge in [0, 0.05) is 18.6 Å². The van der Waals surface area contributed by atoms with Gasteiger partial charge < -0.3 is 11.1 Å². The Kier molecular flexibility index (Phi) is 6.53. The second-order valence-electron chi connectivity index (χ2n) is 5.07. The molecule has 4 heteroatoms. The third-order valence-electron chi connectivity index (χ3n) is 2.95. The van der Waals surface area contributed by atoms with Crippen LogP contribution < -0.4 is 11.1 Å². The molecule has 4 nitrogen and oxygen atoms in total. The quantitative estimate of drug-likeness (QED) is 0.784. The summed E-state index contributed by atoms with van der Waals surface area (Å²) in [5.74, 6) is 0.0529. The second kappa shape index (κ2) is 7.92. The Labute approximate surface area is 116 Å². The first-order valence-electron chi connectivity index (χ1n) is 6.85. The molecular formula is C15H25N3O. The average Bonchev–Trinajstić information content (AvgIpc) is 2.37. The predicted molar refractivity (Wildman–Crippen MR) is 78.8 cm³/mol. The summed E-state index contributed by atoms with van der Waals surface area (Å²) in [4.78, 5) is 13.8. The maximum absolute atomic E-state index is 11.7. The van der Waals surface area contributed by atoms with E-state index in [1.54, 1.807) is 0 Å². The highest BCUT2D eigenvalue weighted by molar-refractivity contribution is 5.78. The molecule has 0 fully saturated rings. The van der Waals surface area contributed by atoms with Crippen LogP contribution in [0.3, 0.4) is 0 Å². The third-order valence-corrected chi connectivity index (χ3v) is 2.95. The van der Waals surface area contributed by atoms with Crippen LogP contribution in [0.4, 0.5) is 0 Å². The highest BCUT2D eigenvalue weighted by Gasteiger charge is 2.14. The maximum Gasteiger partial charge on any atom is 0.234 e. The van der Waals surface area contributed by atoms with Crippen molar-refractivity contribution >= 4 is 5.91 Å². The first-order valence-corrected chi connectivity index (χ1v) is 6.85. The van der Waals surface area contributed by atoms with Crippen molar-refractivity contribution in [3.8, 4) is 0 Å². The summed E-state index contributed by atoms with van der Waals surface area (Å²) in [6.45, 7) is 7.86. The monoisotopic (exact) mass is 263 g/mol. The van der Waals surface area contributed by atoms with E-state index in [9.17, 15) is 4.79 Å². The zero-order chi connectivity index (χ0) is 14.3. The van der Waals surface area contributed by atoms with Crippen molar-refractivity contribution in [3.63, 3.8) is 0 Å². The van der Waals surface area contributed by atoms with E-state index in [0.29, 0.717) is 13.1 Å². The molecule has 1 aromatic carbocycles. The van der Waals surface area contributed by atoms with Crippen molar-refractivity contribution in [3.05, 3.63) is 35.9 Å². The minimum atomic E-state index is -0.0620. The summed E-state index contributed by atoms with van der Waals surface area (Å²) in [5, 5.41) is 2.90. The molecule has 0 radical (unpaired) electrons. The molecule has 0 aliphatic heterocycles. The SMILES string of the molecule is CCN(CC(=O)NC(C)C)CC(N)c1ccccc1. The van der Waals surface area contributed by atoms with E-state index in [1.807, 2.05) is 51.1 Å². The van der Waals surface area contributed by atoms with Gasteiger partial charge in [-0.25, -0.2) is 0 Å². The second-order valence-corrected chi connectivity index (χ2v) is 5.07. The molecule has 1 rings (SSSR count). The normalized spacial score (nSPS) is 12.7. The average molecular weight is 263 g/mol. The first kappa shape index (κ1) is 15.7. The number of hydrogen-bond acceptors (Lipinski definition) is 3. The highest BCUT2D eigenvalue weighted by Crippen LogP contribution is 2.10. The van der Waals surface area contributed by atoms with E-state index in [2.05, 4.69) is 10.2 Å². The lowest BCUT2D eigenvalue weighted by Crippen LogP contribution is -2.42. The van der Waals surface area contributed by atoms with E-state index in [0.717, 1.165) is 12.1 Å². The van der Waals surface area contributed by atoms with E-state index in [4.69, 9.17) is 5.73 Å². The Morgan fingerprint density at radius 2 is 1.95 bits per heavy atom. The van der Waals surface area contributed by atoms with Crippen molar-refractivity contribution in [2.75, 3.05) is 19.6 Å². The van der Waals surface area contributed by atoms with Crippen molar-refractivity contribution in [2.24, 2.45) is 5.73 Å². The number of nitrogens with zero attached hydrogens (tertiary/aromatic N) is 1. The zero-order valence-corrected chi connectivity index (χ0v) is 12.1. The smallest absolute Gasteiger partial charge is 0.234 e. The Bertz CT molecular complexity index is 378. The molecule has 0 spiro atoms. The summed E-state index contributed by atoms with van der Waals surface area (Å²) in [6.07, 6.45) is 0. The summed E-state index contributed by atoms with van der Waals surface area (Å²) < 4.78 is 0. The largest absolute Gasteiger partial charge is 0.353 e. The van der Waals surface area contributed by atoms with Gasteiger partial charge in [0.05, 0.1) is 6.54 Å². The topological polar surface area (TPSA) is 58.4 Å². The van der Waals surface area contributed by atoms with Crippen LogP contribution in [0.2, 0.25) is 0 Å². The molecule has 1 aromatic rings. The fraction of sp³-hybridized carbons (Fsp3) is 0.533. The molecule has 0 aromatic heterocycles. The molecule has 1 unspecified atom stereocenters. The van der Waals surface area contributed by atoms with Gasteiger partial charge in [-0.1, -0.05) is 37.3 Å². The van der Waals surface area contributed by atoms with Gasteiger partial charge in [0.15, 0.2) is 0 Å². The van der Waals surface area contributed by atoms with Crippen molar-refractivity contribution in [2.45, 2.75) is 32.9 Å². The van der Waals surface area contributed by atoms with Gasteiger partial charge in [0.1, 0.15) is 0 Å². The lowest BCUT2D eigenvalue weighted by atomic mass is 10.1. The lowest BCUT2D eigenvalue weighted by molar-refractivity contribution is -0.122. The third kappa shape index (κ3) is 5.85. The number of hydrogen-bond donors (Lipinski definition) is 2. The molecule has 0 saturated carbocycles. The zero-order valence-electron chi connectivity index (χ0n) is 12.1. The number of carbonyl (C=O) groups excluding carboxylic acids is 1. The number of rotatable bonds is 7. The van der Waals surface area contributed by atoms with Crippen LogP contribution in [-0.4, -0.2) is 36.5 Å². The molecule has 0 aliphatic carbocycles. The first-order chi connectivity index (χ1) is 9.02. The Balaban J connectivity index is 2.50. The standard InChI is InChI=1S/C15H25N3O/c1-4-18(11-15(19)17-12(2)3)10-14(16)13-8-6-5-7-9-13/h5-9,12,14H,4,10-11,16H2,1-3H3,(H,17,19). The van der Waals surface area contributed by atoms with E-state index >= 15 is 0 Å². The van der Waals surface area contributed by atoms with Crippen LogP contribution in [0, 0.1) is 0 Å². The van der Waals surface area contributed by atoms with Crippen molar-refractivity contribution in [1.29, 1.82) is 0 Å². The van der Waals surface area contributed by atoms with Gasteiger partial charge in [0.2, 0.25) is 5.91 Å². The fourth-order valence-electron chi connectivity index (χ4n) is 1.96. The molecule has 1 amide bonds. The van der Waals surface area contributed by atoms with Crippen LogP contribution in [0.15, 0.2) is 30.3 Å².